The van der Waals surface area contributed by atoms with Crippen molar-refractivity contribution in [1.82, 2.24) is 4.57 Å². The minimum Gasteiger partial charge on any atom is -0.496 e. The molecule has 0 amide bonds. The number of fused-ring (bicyclic) bond motifs is 1. The van der Waals surface area contributed by atoms with Gasteiger partial charge in [0, 0.05) is 4.47 Å². The van der Waals surface area contributed by atoms with E-state index in [9.17, 15) is 9.59 Å². The first-order valence-corrected chi connectivity index (χ1v) is 15.7. The van der Waals surface area contributed by atoms with E-state index in [1.165, 1.54) is 11.3 Å². The fraction of sp³-hybridized carbons (Fsp3) is 0.219. The minimum atomic E-state index is -0.733. The summed E-state index contributed by atoms with van der Waals surface area (Å²) in [6.07, 6.45) is 1.79. The van der Waals surface area contributed by atoms with Crippen molar-refractivity contribution in [3.63, 3.8) is 0 Å². The number of rotatable bonds is 9. The maximum Gasteiger partial charge on any atom is 0.338 e. The second-order valence-corrected chi connectivity index (χ2v) is 12.3. The normalized spacial score (nSPS) is 14.7. The van der Waals surface area contributed by atoms with Gasteiger partial charge in [-0.2, -0.15) is 0 Å². The smallest absolute Gasteiger partial charge is 0.338 e. The summed E-state index contributed by atoms with van der Waals surface area (Å²) in [5, 5.41) is 0. The summed E-state index contributed by atoms with van der Waals surface area (Å²) >= 11 is 8.23. The second kappa shape index (κ2) is 13.3. The molecule has 0 aliphatic carbocycles. The average Bonchev–Trinajstić information content (AvgIpc) is 3.30. The number of benzene rings is 3. The van der Waals surface area contributed by atoms with Gasteiger partial charge < -0.3 is 18.9 Å². The van der Waals surface area contributed by atoms with Crippen molar-refractivity contribution in [3.05, 3.63) is 117 Å². The molecular weight excluding hydrogens is 700 g/mol. The summed E-state index contributed by atoms with van der Waals surface area (Å²) in [5.41, 5.74) is 3.02. The molecule has 1 atom stereocenters. The molecular formula is C32H28Br2N2O6S. The number of carbonyl (C=O) groups excluding carboxylic acids is 1. The molecule has 0 unspecified atom stereocenters. The lowest BCUT2D eigenvalue weighted by Crippen LogP contribution is -2.39. The molecule has 1 aromatic heterocycles. The van der Waals surface area contributed by atoms with Crippen molar-refractivity contribution in [3.8, 4) is 17.2 Å². The Hall–Kier alpha value is -3.67. The molecule has 2 heterocycles. The highest BCUT2D eigenvalue weighted by atomic mass is 79.9. The van der Waals surface area contributed by atoms with Crippen LogP contribution in [-0.2, 0) is 16.1 Å². The van der Waals surface area contributed by atoms with Crippen molar-refractivity contribution in [2.75, 3.05) is 20.8 Å². The van der Waals surface area contributed by atoms with E-state index in [1.807, 2.05) is 54.6 Å². The molecule has 1 aliphatic rings. The number of esters is 1. The van der Waals surface area contributed by atoms with Gasteiger partial charge in [0.25, 0.3) is 5.56 Å². The zero-order valence-electron chi connectivity index (χ0n) is 23.9. The van der Waals surface area contributed by atoms with E-state index in [1.54, 1.807) is 44.8 Å². The van der Waals surface area contributed by atoms with Crippen LogP contribution >= 0.6 is 43.2 Å². The van der Waals surface area contributed by atoms with Gasteiger partial charge in [-0.3, -0.25) is 9.36 Å². The number of halogens is 2. The Balaban J connectivity index is 1.55. The van der Waals surface area contributed by atoms with Gasteiger partial charge in [-0.05, 0) is 88.9 Å². The van der Waals surface area contributed by atoms with Gasteiger partial charge in [0.2, 0.25) is 0 Å². The topological polar surface area (TPSA) is 88.4 Å². The number of hydrogen-bond donors (Lipinski definition) is 0. The lowest BCUT2D eigenvalue weighted by Gasteiger charge is -2.25. The Morgan fingerprint density at radius 1 is 1.00 bits per heavy atom. The first-order valence-electron chi connectivity index (χ1n) is 13.3. The molecule has 0 radical (unpaired) electrons. The molecule has 0 saturated carbocycles. The number of ether oxygens (including phenoxy) is 4. The highest BCUT2D eigenvalue weighted by molar-refractivity contribution is 9.10. The number of hydrogen-bond acceptors (Lipinski definition) is 8. The summed E-state index contributed by atoms with van der Waals surface area (Å²) in [6, 6.07) is 18.1. The van der Waals surface area contributed by atoms with Crippen LogP contribution in [0.15, 0.2) is 90.7 Å². The zero-order valence-corrected chi connectivity index (χ0v) is 27.8. The number of aromatic nitrogens is 1. The quantitative estimate of drug-likeness (QED) is 0.199. The molecule has 3 aromatic carbocycles. The standard InChI is InChI=1S/C32H28Br2N2O6S/c1-5-41-31(38)28-18(2)35-32-36(29(28)21-9-13-24(39-3)23(34)16-21)30(37)27(43-32)15-20-8-12-25(26(14-20)40-4)42-17-19-6-10-22(33)11-7-19/h6-16,29H,5,17H2,1-4H3/b27-15-/t29-/m1/s1. The molecule has 0 N–H and O–H groups in total. The van der Waals surface area contributed by atoms with Gasteiger partial charge in [0.1, 0.15) is 12.4 Å². The minimum absolute atomic E-state index is 0.198. The Bertz CT molecular complexity index is 1900. The van der Waals surface area contributed by atoms with Crippen LogP contribution in [0.25, 0.3) is 6.08 Å². The van der Waals surface area contributed by atoms with Gasteiger partial charge in [-0.1, -0.05) is 51.5 Å². The highest BCUT2D eigenvalue weighted by Crippen LogP contribution is 2.35. The molecule has 4 aromatic rings. The number of carbonyl (C=O) groups is 1. The third kappa shape index (κ3) is 6.48. The van der Waals surface area contributed by atoms with Gasteiger partial charge in [-0.15, -0.1) is 0 Å². The molecule has 0 bridgehead atoms. The number of thiazole rings is 1. The van der Waals surface area contributed by atoms with E-state index < -0.39 is 12.0 Å². The van der Waals surface area contributed by atoms with Crippen LogP contribution in [0.1, 0.15) is 36.6 Å². The Kier molecular flexibility index (Phi) is 9.53. The zero-order chi connectivity index (χ0) is 30.7. The summed E-state index contributed by atoms with van der Waals surface area (Å²) in [5.74, 6) is 1.25. The van der Waals surface area contributed by atoms with E-state index in [4.69, 9.17) is 18.9 Å². The van der Waals surface area contributed by atoms with Crippen LogP contribution in [0, 0.1) is 0 Å². The van der Waals surface area contributed by atoms with E-state index in [2.05, 4.69) is 36.9 Å². The van der Waals surface area contributed by atoms with Crippen molar-refractivity contribution >= 4 is 55.2 Å². The lowest BCUT2D eigenvalue weighted by molar-refractivity contribution is -0.139. The summed E-state index contributed by atoms with van der Waals surface area (Å²) < 4.78 is 26.1. The molecule has 0 fully saturated rings. The van der Waals surface area contributed by atoms with Crippen LogP contribution in [0.3, 0.4) is 0 Å². The lowest BCUT2D eigenvalue weighted by atomic mass is 9.96. The first kappa shape index (κ1) is 30.8. The highest BCUT2D eigenvalue weighted by Gasteiger charge is 2.33. The third-order valence-electron chi connectivity index (χ3n) is 6.80. The third-order valence-corrected chi connectivity index (χ3v) is 8.93. The van der Waals surface area contributed by atoms with Crippen LogP contribution in [0.4, 0.5) is 0 Å². The van der Waals surface area contributed by atoms with Crippen LogP contribution in [-0.4, -0.2) is 31.4 Å². The largest absolute Gasteiger partial charge is 0.496 e. The van der Waals surface area contributed by atoms with Gasteiger partial charge in [0.15, 0.2) is 16.3 Å². The Morgan fingerprint density at radius 3 is 2.40 bits per heavy atom. The van der Waals surface area contributed by atoms with Crippen LogP contribution in [0.5, 0.6) is 17.2 Å². The SMILES string of the molecule is CCOC(=O)C1=C(C)N=c2s/c(=C\c3ccc(OCc4ccc(Br)cc4)c(OC)c3)c(=O)n2[C@@H]1c1ccc(OC)c(Br)c1. The predicted octanol–water partition coefficient (Wildman–Crippen LogP) is 5.92. The fourth-order valence-corrected chi connectivity index (χ4v) is 6.62. The number of methoxy groups -OCH3 is 2. The van der Waals surface area contributed by atoms with Crippen molar-refractivity contribution in [2.45, 2.75) is 26.5 Å². The van der Waals surface area contributed by atoms with E-state index in [0.29, 0.717) is 54.5 Å². The van der Waals surface area contributed by atoms with Gasteiger partial charge in [-0.25, -0.2) is 9.79 Å². The van der Waals surface area contributed by atoms with E-state index in [-0.39, 0.29) is 12.2 Å². The molecule has 1 aliphatic heterocycles. The summed E-state index contributed by atoms with van der Waals surface area (Å²) in [6.45, 7) is 4.08. The molecule has 8 nitrogen and oxygen atoms in total. The van der Waals surface area contributed by atoms with E-state index in [0.717, 1.165) is 15.6 Å². The molecule has 0 spiro atoms. The number of nitrogens with zero attached hydrogens (tertiary/aromatic N) is 2. The summed E-state index contributed by atoms with van der Waals surface area (Å²) in [4.78, 5) is 32.2. The van der Waals surface area contributed by atoms with Crippen LogP contribution < -0.4 is 29.1 Å². The average molecular weight is 728 g/mol. The van der Waals surface area contributed by atoms with Crippen molar-refractivity contribution in [2.24, 2.45) is 4.99 Å². The first-order chi connectivity index (χ1) is 20.7. The van der Waals surface area contributed by atoms with Gasteiger partial charge >= 0.3 is 5.97 Å². The predicted molar refractivity (Wildman–Crippen MR) is 173 cm³/mol. The van der Waals surface area contributed by atoms with Gasteiger partial charge in [0.05, 0.1) is 47.1 Å². The van der Waals surface area contributed by atoms with Crippen molar-refractivity contribution < 1.29 is 23.7 Å². The number of allylic oxidation sites excluding steroid dienone is 1. The maximum atomic E-state index is 14.0. The summed E-state index contributed by atoms with van der Waals surface area (Å²) in [7, 11) is 3.15. The van der Waals surface area contributed by atoms with E-state index >= 15 is 0 Å². The second-order valence-electron chi connectivity index (χ2n) is 9.52. The van der Waals surface area contributed by atoms with Crippen molar-refractivity contribution in [1.29, 1.82) is 0 Å². The Morgan fingerprint density at radius 2 is 1.72 bits per heavy atom. The Labute approximate surface area is 269 Å². The molecule has 43 heavy (non-hydrogen) atoms. The molecule has 0 saturated heterocycles. The monoisotopic (exact) mass is 726 g/mol. The fourth-order valence-electron chi connectivity index (χ4n) is 4.75. The molecule has 222 valence electrons. The molecule has 11 heteroatoms. The van der Waals surface area contributed by atoms with Crippen LogP contribution in [0.2, 0.25) is 0 Å². The maximum absolute atomic E-state index is 14.0. The molecule has 5 rings (SSSR count).